The van der Waals surface area contributed by atoms with Crippen molar-refractivity contribution in [3.63, 3.8) is 0 Å². The number of furan rings is 1. The zero-order chi connectivity index (χ0) is 15.0. The largest absolute Gasteiger partial charge is 0.466 e. The van der Waals surface area contributed by atoms with Crippen LogP contribution in [0, 0.1) is 19.8 Å². The van der Waals surface area contributed by atoms with Gasteiger partial charge in [-0.3, -0.25) is 9.59 Å². The van der Waals surface area contributed by atoms with Crippen LogP contribution in [0.1, 0.15) is 21.9 Å². The fourth-order valence-electron chi connectivity index (χ4n) is 2.86. The number of rotatable bonds is 2. The fraction of sp³-hybridized carbons (Fsp3) is 0.600. The highest BCUT2D eigenvalue weighted by Gasteiger charge is 2.32. The first-order valence-corrected chi connectivity index (χ1v) is 7.42. The quantitative estimate of drug-likeness (QED) is 0.856. The molecule has 1 aromatic rings. The molecule has 0 unspecified atom stereocenters. The Labute approximate surface area is 124 Å². The average Bonchev–Trinajstić information content (AvgIpc) is 2.75. The molecule has 0 saturated carbocycles. The van der Waals surface area contributed by atoms with E-state index in [1.165, 1.54) is 0 Å². The van der Waals surface area contributed by atoms with E-state index in [0.717, 1.165) is 18.8 Å². The van der Waals surface area contributed by atoms with Gasteiger partial charge in [-0.1, -0.05) is 0 Å². The molecule has 2 amide bonds. The molecule has 2 fully saturated rings. The highest BCUT2D eigenvalue weighted by Crippen LogP contribution is 2.18. The predicted octanol–water partition coefficient (Wildman–Crippen LogP) is 0.400. The fourth-order valence-corrected chi connectivity index (χ4v) is 2.86. The van der Waals surface area contributed by atoms with Gasteiger partial charge in [0.05, 0.1) is 11.5 Å². The van der Waals surface area contributed by atoms with Gasteiger partial charge in [0, 0.05) is 39.3 Å². The summed E-state index contributed by atoms with van der Waals surface area (Å²) in [5.41, 5.74) is 0.635. The van der Waals surface area contributed by atoms with Crippen LogP contribution < -0.4 is 5.32 Å². The van der Waals surface area contributed by atoms with Crippen molar-refractivity contribution in [3.8, 4) is 0 Å². The van der Waals surface area contributed by atoms with Gasteiger partial charge in [-0.05, 0) is 19.9 Å². The Hall–Kier alpha value is -1.82. The lowest BCUT2D eigenvalue weighted by molar-refractivity contribution is -0.138. The number of amides is 2. The minimum absolute atomic E-state index is 0.00163. The maximum atomic E-state index is 12.5. The van der Waals surface area contributed by atoms with Crippen LogP contribution in [0.3, 0.4) is 0 Å². The van der Waals surface area contributed by atoms with Crippen molar-refractivity contribution in [2.45, 2.75) is 13.8 Å². The summed E-state index contributed by atoms with van der Waals surface area (Å²) in [5, 5.41) is 3.12. The standard InChI is InChI=1S/C15H21N3O3/c1-10-7-13(11(2)21-10)15(20)18-5-3-17(4-6-18)14(19)12-8-16-9-12/h7,12,16H,3-6,8-9H2,1-2H3. The van der Waals surface area contributed by atoms with Gasteiger partial charge in [0.25, 0.3) is 5.91 Å². The summed E-state index contributed by atoms with van der Waals surface area (Å²) in [7, 11) is 0. The Morgan fingerprint density at radius 1 is 1.14 bits per heavy atom. The van der Waals surface area contributed by atoms with E-state index in [2.05, 4.69) is 5.32 Å². The van der Waals surface area contributed by atoms with Gasteiger partial charge in [-0.15, -0.1) is 0 Å². The molecule has 0 bridgehead atoms. The lowest BCUT2D eigenvalue weighted by Crippen LogP contribution is -2.57. The molecule has 2 aliphatic rings. The summed E-state index contributed by atoms with van der Waals surface area (Å²) < 4.78 is 5.42. The van der Waals surface area contributed by atoms with E-state index < -0.39 is 0 Å². The van der Waals surface area contributed by atoms with Gasteiger partial charge >= 0.3 is 0 Å². The van der Waals surface area contributed by atoms with Gasteiger partial charge in [0.1, 0.15) is 11.5 Å². The van der Waals surface area contributed by atoms with Gasteiger partial charge < -0.3 is 19.5 Å². The van der Waals surface area contributed by atoms with E-state index in [1.54, 1.807) is 11.0 Å². The summed E-state index contributed by atoms with van der Waals surface area (Å²) in [6.07, 6.45) is 0. The average molecular weight is 291 g/mol. The lowest BCUT2D eigenvalue weighted by Gasteiger charge is -2.38. The van der Waals surface area contributed by atoms with Crippen molar-refractivity contribution < 1.29 is 14.0 Å². The zero-order valence-electron chi connectivity index (χ0n) is 12.5. The second-order valence-electron chi connectivity index (χ2n) is 5.80. The van der Waals surface area contributed by atoms with Crippen LogP contribution in [0.4, 0.5) is 0 Å². The van der Waals surface area contributed by atoms with Gasteiger partial charge in [0.15, 0.2) is 0 Å². The Bertz CT molecular complexity index is 555. The van der Waals surface area contributed by atoms with Crippen LogP contribution >= 0.6 is 0 Å². The molecule has 3 heterocycles. The van der Waals surface area contributed by atoms with Crippen LogP contribution in [-0.2, 0) is 4.79 Å². The number of carbonyl (C=O) groups is 2. The minimum Gasteiger partial charge on any atom is -0.466 e. The number of nitrogens with one attached hydrogen (secondary N) is 1. The molecule has 6 nitrogen and oxygen atoms in total. The molecule has 0 aliphatic carbocycles. The number of hydrogen-bond acceptors (Lipinski definition) is 4. The number of carbonyl (C=O) groups excluding carboxylic acids is 2. The van der Waals surface area contributed by atoms with E-state index in [1.807, 2.05) is 18.7 Å². The van der Waals surface area contributed by atoms with Crippen molar-refractivity contribution in [1.82, 2.24) is 15.1 Å². The maximum absolute atomic E-state index is 12.5. The molecule has 0 radical (unpaired) electrons. The van der Waals surface area contributed by atoms with Gasteiger partial charge in [-0.2, -0.15) is 0 Å². The summed E-state index contributed by atoms with van der Waals surface area (Å²) in [4.78, 5) is 28.3. The van der Waals surface area contributed by atoms with Gasteiger partial charge in [-0.25, -0.2) is 0 Å². The third-order valence-electron chi connectivity index (χ3n) is 4.28. The first-order chi connectivity index (χ1) is 10.1. The molecule has 0 spiro atoms. The first kappa shape index (κ1) is 14.1. The maximum Gasteiger partial charge on any atom is 0.257 e. The third kappa shape index (κ3) is 2.68. The summed E-state index contributed by atoms with van der Waals surface area (Å²) in [5.74, 6) is 1.77. The monoisotopic (exact) mass is 291 g/mol. The minimum atomic E-state index is 0.00163. The first-order valence-electron chi connectivity index (χ1n) is 7.42. The molecule has 1 aromatic heterocycles. The highest BCUT2D eigenvalue weighted by molar-refractivity contribution is 5.95. The Morgan fingerprint density at radius 3 is 2.24 bits per heavy atom. The molecule has 0 atom stereocenters. The zero-order valence-corrected chi connectivity index (χ0v) is 12.5. The molecule has 2 saturated heterocycles. The molecule has 3 rings (SSSR count). The van der Waals surface area contributed by atoms with Crippen LogP contribution in [-0.4, -0.2) is 60.9 Å². The van der Waals surface area contributed by atoms with Gasteiger partial charge in [0.2, 0.25) is 5.91 Å². The van der Waals surface area contributed by atoms with E-state index in [-0.39, 0.29) is 17.7 Å². The second-order valence-corrected chi connectivity index (χ2v) is 5.80. The van der Waals surface area contributed by atoms with Crippen LogP contribution in [0.5, 0.6) is 0 Å². The molecular formula is C15H21N3O3. The number of hydrogen-bond donors (Lipinski definition) is 1. The lowest BCUT2D eigenvalue weighted by atomic mass is 10.0. The Balaban J connectivity index is 1.59. The molecule has 2 aliphatic heterocycles. The number of aryl methyl sites for hydroxylation is 2. The summed E-state index contributed by atoms with van der Waals surface area (Å²) in [6, 6.07) is 1.79. The molecular weight excluding hydrogens is 270 g/mol. The van der Waals surface area contributed by atoms with Crippen LogP contribution in [0.2, 0.25) is 0 Å². The normalized spacial score (nSPS) is 19.5. The van der Waals surface area contributed by atoms with Crippen molar-refractivity contribution >= 4 is 11.8 Å². The van der Waals surface area contributed by atoms with Crippen molar-refractivity contribution in [3.05, 3.63) is 23.2 Å². The third-order valence-corrected chi connectivity index (χ3v) is 4.28. The smallest absolute Gasteiger partial charge is 0.257 e. The highest BCUT2D eigenvalue weighted by atomic mass is 16.3. The predicted molar refractivity (Wildman–Crippen MR) is 77.0 cm³/mol. The Morgan fingerprint density at radius 2 is 1.76 bits per heavy atom. The van der Waals surface area contributed by atoms with Crippen molar-refractivity contribution in [1.29, 1.82) is 0 Å². The van der Waals surface area contributed by atoms with E-state index >= 15 is 0 Å². The summed E-state index contributed by atoms with van der Waals surface area (Å²) in [6.45, 7) is 7.64. The van der Waals surface area contributed by atoms with Crippen LogP contribution in [0.15, 0.2) is 10.5 Å². The molecule has 1 N–H and O–H groups in total. The molecule has 6 heteroatoms. The van der Waals surface area contributed by atoms with E-state index in [9.17, 15) is 9.59 Å². The number of piperazine rings is 1. The van der Waals surface area contributed by atoms with Crippen molar-refractivity contribution in [2.24, 2.45) is 5.92 Å². The van der Waals surface area contributed by atoms with E-state index in [0.29, 0.717) is 37.5 Å². The Kier molecular flexibility index (Phi) is 3.71. The van der Waals surface area contributed by atoms with Crippen molar-refractivity contribution in [2.75, 3.05) is 39.3 Å². The number of nitrogens with zero attached hydrogens (tertiary/aromatic N) is 2. The molecule has 0 aromatic carbocycles. The molecule has 114 valence electrons. The second kappa shape index (κ2) is 5.52. The van der Waals surface area contributed by atoms with E-state index in [4.69, 9.17) is 4.42 Å². The summed E-state index contributed by atoms with van der Waals surface area (Å²) >= 11 is 0. The van der Waals surface area contributed by atoms with Crippen LogP contribution in [0.25, 0.3) is 0 Å². The SMILES string of the molecule is Cc1cc(C(=O)N2CCN(C(=O)C3CNC3)CC2)c(C)o1. The molecule has 21 heavy (non-hydrogen) atoms. The topological polar surface area (TPSA) is 65.8 Å².